The van der Waals surface area contributed by atoms with E-state index in [0.717, 1.165) is 38.5 Å². The molecule has 0 aromatic heterocycles. The van der Waals surface area contributed by atoms with Crippen LogP contribution in [-0.2, 0) is 0 Å². The molecule has 1 unspecified atom stereocenters. The molecule has 1 nitrogen and oxygen atoms in total. The van der Waals surface area contributed by atoms with Crippen LogP contribution in [0.2, 0.25) is 0 Å². The molecule has 1 rings (SSSR count). The Balaban J connectivity index is 2.55. The first-order valence-corrected chi connectivity index (χ1v) is 5.97. The lowest BCUT2D eigenvalue weighted by atomic mass is 10.0. The second-order valence-corrected chi connectivity index (χ2v) is 4.09. The van der Waals surface area contributed by atoms with Crippen molar-refractivity contribution in [3.8, 4) is 0 Å². The van der Waals surface area contributed by atoms with Gasteiger partial charge in [0.25, 0.3) is 0 Å². The fraction of sp³-hybridized carbons (Fsp3) is 0.571. The van der Waals surface area contributed by atoms with Gasteiger partial charge in [-0.2, -0.15) is 0 Å². The smallest absolute Gasteiger partial charge is 0.0722 e. The lowest BCUT2D eigenvalue weighted by Gasteiger charge is -2.09. The Hall–Kier alpha value is -0.820. The minimum absolute atomic E-state index is 0.287. The Bertz CT molecular complexity index is 246. The van der Waals surface area contributed by atoms with Crippen molar-refractivity contribution in [2.45, 2.75) is 51.6 Å². The first-order chi connectivity index (χ1) is 7.30. The molecule has 0 saturated carbocycles. The van der Waals surface area contributed by atoms with Crippen molar-refractivity contribution in [2.75, 3.05) is 0 Å². The highest BCUT2D eigenvalue weighted by Gasteiger charge is 2.02. The predicted molar refractivity (Wildman–Crippen MR) is 65.7 cm³/mol. The van der Waals surface area contributed by atoms with Crippen molar-refractivity contribution in [1.29, 1.82) is 0 Å². The van der Waals surface area contributed by atoms with Gasteiger partial charge in [-0.25, -0.2) is 0 Å². The first-order valence-electron chi connectivity index (χ1n) is 5.97. The molecule has 0 amide bonds. The minimum atomic E-state index is -0.287. The van der Waals surface area contributed by atoms with Crippen LogP contribution in [0.5, 0.6) is 0 Å². The Morgan fingerprint density at radius 2 is 1.47 bits per heavy atom. The molecular weight excluding hydrogens is 184 g/mol. The normalized spacial score (nSPS) is 21.3. The molecular formula is C14H22O. The highest BCUT2D eigenvalue weighted by Crippen LogP contribution is 2.14. The summed E-state index contributed by atoms with van der Waals surface area (Å²) in [6.45, 7) is 1.86. The molecule has 0 aliphatic heterocycles. The third-order valence-electron chi connectivity index (χ3n) is 2.71. The van der Waals surface area contributed by atoms with E-state index in [2.05, 4.69) is 30.4 Å². The Morgan fingerprint density at radius 1 is 0.933 bits per heavy atom. The quantitative estimate of drug-likeness (QED) is 0.648. The molecule has 15 heavy (non-hydrogen) atoms. The Kier molecular flexibility index (Phi) is 6.10. The summed E-state index contributed by atoms with van der Waals surface area (Å²) < 4.78 is 0. The summed E-state index contributed by atoms with van der Waals surface area (Å²) in [5.41, 5.74) is 1.19. The first kappa shape index (κ1) is 12.3. The molecule has 1 aliphatic carbocycles. The number of hydrogen-bond acceptors (Lipinski definition) is 1. The average molecular weight is 206 g/mol. The summed E-state index contributed by atoms with van der Waals surface area (Å²) in [5.74, 6) is 0. The van der Waals surface area contributed by atoms with E-state index in [9.17, 15) is 5.11 Å². The lowest BCUT2D eigenvalue weighted by molar-refractivity contribution is 0.226. The Labute approximate surface area is 93.2 Å². The molecule has 1 heteroatoms. The SMILES string of the molecule is CC(O)C1=CCCC=CCCC=CCC1. The summed E-state index contributed by atoms with van der Waals surface area (Å²) in [6.07, 6.45) is 17.4. The molecule has 0 radical (unpaired) electrons. The van der Waals surface area contributed by atoms with Crippen molar-refractivity contribution in [3.63, 3.8) is 0 Å². The van der Waals surface area contributed by atoms with Gasteiger partial charge in [0, 0.05) is 0 Å². The van der Waals surface area contributed by atoms with Crippen LogP contribution in [0.15, 0.2) is 36.0 Å². The largest absolute Gasteiger partial charge is 0.389 e. The van der Waals surface area contributed by atoms with Crippen LogP contribution in [-0.4, -0.2) is 11.2 Å². The lowest BCUT2D eigenvalue weighted by Crippen LogP contribution is -2.04. The van der Waals surface area contributed by atoms with Gasteiger partial charge >= 0.3 is 0 Å². The van der Waals surface area contributed by atoms with Gasteiger partial charge in [-0.15, -0.1) is 0 Å². The molecule has 0 bridgehead atoms. The molecule has 0 aromatic rings. The van der Waals surface area contributed by atoms with E-state index in [1.54, 1.807) is 0 Å². The Morgan fingerprint density at radius 3 is 2.07 bits per heavy atom. The number of aliphatic hydroxyl groups is 1. The zero-order valence-corrected chi connectivity index (χ0v) is 9.65. The summed E-state index contributed by atoms with van der Waals surface area (Å²) in [4.78, 5) is 0. The second kappa shape index (κ2) is 7.47. The van der Waals surface area contributed by atoms with E-state index in [-0.39, 0.29) is 6.10 Å². The highest BCUT2D eigenvalue weighted by atomic mass is 16.3. The van der Waals surface area contributed by atoms with Crippen LogP contribution in [0.25, 0.3) is 0 Å². The third kappa shape index (κ3) is 5.58. The topological polar surface area (TPSA) is 20.2 Å². The molecule has 0 fully saturated rings. The molecule has 0 saturated heterocycles. The number of allylic oxidation sites excluding steroid dienone is 5. The van der Waals surface area contributed by atoms with E-state index in [4.69, 9.17) is 0 Å². The van der Waals surface area contributed by atoms with E-state index < -0.39 is 0 Å². The maximum atomic E-state index is 9.57. The van der Waals surface area contributed by atoms with Crippen molar-refractivity contribution >= 4 is 0 Å². The van der Waals surface area contributed by atoms with E-state index in [0.29, 0.717) is 0 Å². The van der Waals surface area contributed by atoms with Crippen molar-refractivity contribution < 1.29 is 5.11 Å². The highest BCUT2D eigenvalue weighted by molar-refractivity contribution is 5.09. The molecule has 1 N–H and O–H groups in total. The molecule has 84 valence electrons. The zero-order chi connectivity index (χ0) is 10.9. The van der Waals surface area contributed by atoms with Gasteiger partial charge in [0.15, 0.2) is 0 Å². The fourth-order valence-electron chi connectivity index (χ4n) is 1.76. The van der Waals surface area contributed by atoms with Crippen LogP contribution < -0.4 is 0 Å². The number of rotatable bonds is 1. The van der Waals surface area contributed by atoms with Gasteiger partial charge < -0.3 is 5.11 Å². The molecule has 0 spiro atoms. The van der Waals surface area contributed by atoms with Gasteiger partial charge in [0.2, 0.25) is 0 Å². The van der Waals surface area contributed by atoms with Crippen molar-refractivity contribution in [1.82, 2.24) is 0 Å². The average Bonchev–Trinajstić information content (AvgIpc) is 2.18. The van der Waals surface area contributed by atoms with Crippen LogP contribution in [0, 0.1) is 0 Å². The summed E-state index contributed by atoms with van der Waals surface area (Å²) in [5, 5.41) is 9.57. The van der Waals surface area contributed by atoms with Crippen LogP contribution in [0.1, 0.15) is 45.4 Å². The van der Waals surface area contributed by atoms with Crippen LogP contribution in [0.4, 0.5) is 0 Å². The van der Waals surface area contributed by atoms with Crippen molar-refractivity contribution in [3.05, 3.63) is 36.0 Å². The molecule has 1 atom stereocenters. The van der Waals surface area contributed by atoms with Gasteiger partial charge in [-0.1, -0.05) is 30.4 Å². The van der Waals surface area contributed by atoms with Gasteiger partial charge in [0.05, 0.1) is 6.10 Å². The van der Waals surface area contributed by atoms with Gasteiger partial charge in [-0.3, -0.25) is 0 Å². The summed E-state index contributed by atoms with van der Waals surface area (Å²) >= 11 is 0. The summed E-state index contributed by atoms with van der Waals surface area (Å²) in [7, 11) is 0. The van der Waals surface area contributed by atoms with E-state index in [1.165, 1.54) is 5.57 Å². The summed E-state index contributed by atoms with van der Waals surface area (Å²) in [6, 6.07) is 0. The van der Waals surface area contributed by atoms with Crippen LogP contribution in [0.3, 0.4) is 0 Å². The predicted octanol–water partition coefficient (Wildman–Crippen LogP) is 3.76. The van der Waals surface area contributed by atoms with E-state index >= 15 is 0 Å². The zero-order valence-electron chi connectivity index (χ0n) is 9.65. The number of aliphatic hydroxyl groups excluding tert-OH is 1. The van der Waals surface area contributed by atoms with Crippen LogP contribution >= 0.6 is 0 Å². The maximum Gasteiger partial charge on any atom is 0.0722 e. The maximum absolute atomic E-state index is 9.57. The number of hydrogen-bond donors (Lipinski definition) is 1. The van der Waals surface area contributed by atoms with Crippen molar-refractivity contribution in [2.24, 2.45) is 0 Å². The monoisotopic (exact) mass is 206 g/mol. The molecule has 0 heterocycles. The minimum Gasteiger partial charge on any atom is -0.389 e. The van der Waals surface area contributed by atoms with Gasteiger partial charge in [0.1, 0.15) is 0 Å². The third-order valence-corrected chi connectivity index (χ3v) is 2.71. The van der Waals surface area contributed by atoms with E-state index in [1.807, 2.05) is 6.92 Å². The molecule has 0 aromatic carbocycles. The molecule has 1 aliphatic rings. The van der Waals surface area contributed by atoms with Gasteiger partial charge in [-0.05, 0) is 51.0 Å². The second-order valence-electron chi connectivity index (χ2n) is 4.09. The standard InChI is InChI=1S/C14H22O/c1-13(15)14-11-9-7-5-3-2-4-6-8-10-12-14/h3,5-6,8,11,13,15H,2,4,7,9-10,12H2,1H3. The fourth-order valence-corrected chi connectivity index (χ4v) is 1.76.